The van der Waals surface area contributed by atoms with Crippen molar-refractivity contribution < 1.29 is 19.1 Å². The van der Waals surface area contributed by atoms with Gasteiger partial charge >= 0.3 is 12.2 Å². The summed E-state index contributed by atoms with van der Waals surface area (Å²) in [4.78, 5) is 39.0. The second kappa shape index (κ2) is 21.4. The molecule has 0 N–H and O–H groups in total. The first-order valence-corrected chi connectivity index (χ1v) is 29.2. The molecule has 6 aromatic carbocycles. The zero-order valence-electron chi connectivity index (χ0n) is 52.1. The van der Waals surface area contributed by atoms with Crippen molar-refractivity contribution in [1.82, 2.24) is 14.8 Å². The number of benzene rings is 6. The number of nitrogens with zero attached hydrogens (tertiary/aromatic N) is 3. The molecule has 0 radical (unpaired) electrons. The largest absolute Gasteiger partial charge is 0.443 e. The van der Waals surface area contributed by atoms with E-state index in [1.807, 2.05) is 40.2 Å². The summed E-state index contributed by atoms with van der Waals surface area (Å²) in [5, 5.41) is 0. The van der Waals surface area contributed by atoms with E-state index in [2.05, 4.69) is 270 Å². The number of amides is 2. The first-order chi connectivity index (χ1) is 38.2. The molecule has 82 heavy (non-hydrogen) atoms. The summed E-state index contributed by atoms with van der Waals surface area (Å²) in [5.74, 6) is 0. The van der Waals surface area contributed by atoms with Gasteiger partial charge in [0.25, 0.3) is 0 Å². The molecular formula is C75H87N3O4. The van der Waals surface area contributed by atoms with Gasteiger partial charge in [-0.25, -0.2) is 14.6 Å². The number of hydrogen-bond acceptors (Lipinski definition) is 5. The van der Waals surface area contributed by atoms with E-state index in [1.165, 1.54) is 33.4 Å². The predicted molar refractivity (Wildman–Crippen MR) is 337 cm³/mol. The monoisotopic (exact) mass is 1090 g/mol. The van der Waals surface area contributed by atoms with Crippen molar-refractivity contribution in [2.45, 2.75) is 168 Å². The molecule has 0 aliphatic carbocycles. The molecule has 2 saturated heterocycles. The molecule has 426 valence electrons. The van der Waals surface area contributed by atoms with Gasteiger partial charge in [-0.1, -0.05) is 276 Å². The summed E-state index contributed by atoms with van der Waals surface area (Å²) in [6, 6.07) is 58.3. The lowest BCUT2D eigenvalue weighted by molar-refractivity contribution is 0.140. The molecule has 7 aromatic rings. The molecule has 0 atom stereocenters. The van der Waals surface area contributed by atoms with Crippen LogP contribution in [0.2, 0.25) is 0 Å². The van der Waals surface area contributed by atoms with Gasteiger partial charge in [-0.3, -0.25) is 9.80 Å². The van der Waals surface area contributed by atoms with Crippen LogP contribution < -0.4 is 0 Å². The molecule has 0 unspecified atom stereocenters. The molecule has 0 bridgehead atoms. The third-order valence-electron chi connectivity index (χ3n) is 16.7. The first-order valence-electron chi connectivity index (χ1n) is 29.2. The normalized spacial score (nSPS) is 16.1. The van der Waals surface area contributed by atoms with E-state index in [0.29, 0.717) is 22.8 Å². The van der Waals surface area contributed by atoms with Gasteiger partial charge in [-0.15, -0.1) is 0 Å². The van der Waals surface area contributed by atoms with Crippen LogP contribution >= 0.6 is 0 Å². The maximum Gasteiger partial charge on any atom is 0.415 e. The SMILES string of the molecule is CC(C)(C)c1ccc(C(c2ccc(C(C)(C)C)cc2)(c2ccc(C(C)(C)C)cc2)N2C(=O)OCC2=Cc2cccc(/C=C3\COC(=O)N3C(c3ccc(C(C)(C)C)cc3)(c3ccc(C(C)(C)C)cc3)c3ccc(C(C)(C)C)cc3)n2)cc1. The maximum atomic E-state index is 15.0. The highest BCUT2D eigenvalue weighted by atomic mass is 16.6. The zero-order chi connectivity index (χ0) is 59.6. The number of rotatable bonds is 10. The third kappa shape index (κ3) is 11.4. The lowest BCUT2D eigenvalue weighted by Crippen LogP contribution is -2.48. The van der Waals surface area contributed by atoms with Crippen LogP contribution in [-0.4, -0.2) is 40.2 Å². The van der Waals surface area contributed by atoms with Crippen molar-refractivity contribution in [1.29, 1.82) is 0 Å². The van der Waals surface area contributed by atoms with Gasteiger partial charge in [-0.2, -0.15) is 0 Å². The molecule has 2 fully saturated rings. The number of pyridine rings is 1. The Hall–Kier alpha value is -7.51. The fourth-order valence-electron chi connectivity index (χ4n) is 11.7. The lowest BCUT2D eigenvalue weighted by atomic mass is 9.73. The van der Waals surface area contributed by atoms with Crippen LogP contribution in [-0.2, 0) is 53.0 Å². The Kier molecular flexibility index (Phi) is 15.4. The summed E-state index contributed by atoms with van der Waals surface area (Å²) in [7, 11) is 0. The number of ether oxygens (including phenoxy) is 2. The molecule has 1 aromatic heterocycles. The van der Waals surface area contributed by atoms with E-state index in [9.17, 15) is 0 Å². The summed E-state index contributed by atoms with van der Waals surface area (Å²) in [5.41, 5.74) is 12.3. The topological polar surface area (TPSA) is 72.0 Å². The van der Waals surface area contributed by atoms with Gasteiger partial charge in [-0.05, 0) is 124 Å². The highest BCUT2D eigenvalue weighted by Crippen LogP contribution is 2.50. The zero-order valence-corrected chi connectivity index (χ0v) is 52.1. The molecule has 2 aliphatic rings. The van der Waals surface area contributed by atoms with Crippen LogP contribution in [0.5, 0.6) is 0 Å². The summed E-state index contributed by atoms with van der Waals surface area (Å²) >= 11 is 0. The standard InChI is InChI=1S/C75H87N3O4/c1-68(2,3)50-22-34-56(35-23-50)74(57-36-24-51(25-37-57)69(4,5)6,58-38-26-52(27-39-58)70(7,8)9)77-64(48-81-66(77)79)46-62-20-19-21-63(76-62)47-65-49-82-67(80)78(65)75(59-40-28-53(29-41-59)71(10,11)12,60-42-30-54(31-43-60)72(13,14)15)61-44-32-55(33-45-61)73(16,17)18/h19-47H,48-49H2,1-18H3/b64-46+,65-47?. The van der Waals surface area contributed by atoms with Crippen molar-refractivity contribution in [2.75, 3.05) is 13.2 Å². The Morgan fingerprint density at radius 3 is 0.671 bits per heavy atom. The van der Waals surface area contributed by atoms with Crippen LogP contribution in [0.25, 0.3) is 12.2 Å². The van der Waals surface area contributed by atoms with Crippen LogP contribution in [0.4, 0.5) is 9.59 Å². The minimum Gasteiger partial charge on any atom is -0.443 e. The van der Waals surface area contributed by atoms with E-state index < -0.39 is 23.3 Å². The van der Waals surface area contributed by atoms with E-state index in [0.717, 1.165) is 33.4 Å². The lowest BCUT2D eigenvalue weighted by Gasteiger charge is -2.43. The summed E-state index contributed by atoms with van der Waals surface area (Å²) < 4.78 is 12.4. The van der Waals surface area contributed by atoms with Crippen molar-refractivity contribution in [3.8, 4) is 0 Å². The van der Waals surface area contributed by atoms with Gasteiger partial charge in [0.2, 0.25) is 0 Å². The number of hydrogen-bond donors (Lipinski definition) is 0. The Balaban J connectivity index is 1.24. The van der Waals surface area contributed by atoms with E-state index in [4.69, 9.17) is 14.5 Å². The smallest absolute Gasteiger partial charge is 0.415 e. The quantitative estimate of drug-likeness (QED) is 0.128. The van der Waals surface area contributed by atoms with Gasteiger partial charge in [0.1, 0.15) is 24.3 Å². The van der Waals surface area contributed by atoms with Crippen LogP contribution in [0.15, 0.2) is 175 Å². The van der Waals surface area contributed by atoms with Crippen molar-refractivity contribution >= 4 is 24.3 Å². The molecule has 0 spiro atoms. The van der Waals surface area contributed by atoms with E-state index in [1.54, 1.807) is 0 Å². The maximum absolute atomic E-state index is 15.0. The van der Waals surface area contributed by atoms with Crippen LogP contribution in [0, 0.1) is 0 Å². The molecule has 9 rings (SSSR count). The Morgan fingerprint density at radius 1 is 0.305 bits per heavy atom. The highest BCUT2D eigenvalue weighted by molar-refractivity contribution is 5.81. The Bertz CT molecular complexity index is 2990. The number of carbonyl (C=O) groups is 2. The fourth-order valence-corrected chi connectivity index (χ4v) is 11.7. The summed E-state index contributed by atoms with van der Waals surface area (Å²) in [6.07, 6.45) is 3.03. The first kappa shape index (κ1) is 59.1. The number of cyclic esters (lactones) is 2. The highest BCUT2D eigenvalue weighted by Gasteiger charge is 2.52. The number of aromatic nitrogens is 1. The average Bonchev–Trinajstić information content (AvgIpc) is 1.78. The molecular weight excluding hydrogens is 1010 g/mol. The molecule has 0 saturated carbocycles. The van der Waals surface area contributed by atoms with Gasteiger partial charge < -0.3 is 9.47 Å². The minimum absolute atomic E-state index is 0.0302. The number of carbonyl (C=O) groups excluding carboxylic acids is 2. The Morgan fingerprint density at radius 2 is 0.488 bits per heavy atom. The van der Waals surface area contributed by atoms with Gasteiger partial charge in [0.15, 0.2) is 0 Å². The van der Waals surface area contributed by atoms with Gasteiger partial charge in [0.05, 0.1) is 22.8 Å². The van der Waals surface area contributed by atoms with E-state index in [-0.39, 0.29) is 45.7 Å². The predicted octanol–water partition coefficient (Wildman–Crippen LogP) is 18.4. The summed E-state index contributed by atoms with van der Waals surface area (Å²) in [6.45, 7) is 40.0. The average molecular weight is 1090 g/mol. The molecule has 2 aliphatic heterocycles. The van der Waals surface area contributed by atoms with Crippen molar-refractivity contribution in [3.63, 3.8) is 0 Å². The minimum atomic E-state index is -1.17. The van der Waals surface area contributed by atoms with Crippen molar-refractivity contribution in [2.24, 2.45) is 0 Å². The third-order valence-corrected chi connectivity index (χ3v) is 16.7. The van der Waals surface area contributed by atoms with E-state index >= 15 is 9.59 Å². The van der Waals surface area contributed by atoms with Gasteiger partial charge in [0, 0.05) is 0 Å². The second-order valence-corrected chi connectivity index (χ2v) is 28.9. The molecule has 3 heterocycles. The van der Waals surface area contributed by atoms with Crippen LogP contribution in [0.1, 0.15) is 203 Å². The van der Waals surface area contributed by atoms with Crippen molar-refractivity contribution in [3.05, 3.63) is 253 Å². The molecule has 7 nitrogen and oxygen atoms in total. The molecule has 2 amide bonds. The second-order valence-electron chi connectivity index (χ2n) is 28.9. The molecule has 7 heteroatoms. The fraction of sp³-hybridized carbons (Fsp3) is 0.373. The Labute approximate surface area is 490 Å². The van der Waals surface area contributed by atoms with Crippen LogP contribution in [0.3, 0.4) is 0 Å².